The van der Waals surface area contributed by atoms with E-state index in [2.05, 4.69) is 30.8 Å². The van der Waals surface area contributed by atoms with Gasteiger partial charge in [0.2, 0.25) is 0 Å². The van der Waals surface area contributed by atoms with Crippen LogP contribution in [0.1, 0.15) is 23.3 Å². The lowest BCUT2D eigenvalue weighted by Gasteiger charge is -2.13. The third kappa shape index (κ3) is 3.27. The lowest BCUT2D eigenvalue weighted by Crippen LogP contribution is -1.98. The standard InChI is InChI=1S/C15H16OS/c1-12(17)14-9-5-6-10-15(14)16-11-13-7-3-2-4-8-13/h2-10,12,17H,11H2,1H3. The minimum Gasteiger partial charge on any atom is -0.489 e. The fraction of sp³-hybridized carbons (Fsp3) is 0.200. The average molecular weight is 244 g/mol. The van der Waals surface area contributed by atoms with Crippen molar-refractivity contribution in [1.29, 1.82) is 0 Å². The summed E-state index contributed by atoms with van der Waals surface area (Å²) in [6, 6.07) is 18.2. The van der Waals surface area contributed by atoms with Crippen molar-refractivity contribution < 1.29 is 4.74 Å². The molecule has 0 aromatic heterocycles. The first-order valence-corrected chi connectivity index (χ1v) is 6.23. The Bertz CT molecular complexity index is 465. The van der Waals surface area contributed by atoms with E-state index >= 15 is 0 Å². The van der Waals surface area contributed by atoms with Gasteiger partial charge in [-0.2, -0.15) is 12.6 Å². The van der Waals surface area contributed by atoms with E-state index in [9.17, 15) is 0 Å². The molecule has 2 rings (SSSR count). The molecule has 0 saturated carbocycles. The number of para-hydroxylation sites is 1. The second-order valence-electron chi connectivity index (χ2n) is 3.99. The molecule has 1 nitrogen and oxygen atoms in total. The summed E-state index contributed by atoms with van der Waals surface area (Å²) in [5.74, 6) is 0.916. The molecule has 0 aliphatic heterocycles. The van der Waals surface area contributed by atoms with Crippen LogP contribution in [0.15, 0.2) is 54.6 Å². The van der Waals surface area contributed by atoms with Gasteiger partial charge in [0.15, 0.2) is 0 Å². The van der Waals surface area contributed by atoms with Crippen LogP contribution in [-0.2, 0) is 6.61 Å². The summed E-state index contributed by atoms with van der Waals surface area (Å²) in [6.45, 7) is 2.65. The van der Waals surface area contributed by atoms with Crippen molar-refractivity contribution >= 4 is 12.6 Å². The van der Waals surface area contributed by atoms with E-state index in [1.165, 1.54) is 5.56 Å². The highest BCUT2D eigenvalue weighted by molar-refractivity contribution is 7.80. The van der Waals surface area contributed by atoms with Gasteiger partial charge in [-0.15, -0.1) is 0 Å². The van der Waals surface area contributed by atoms with Crippen LogP contribution in [0.5, 0.6) is 5.75 Å². The summed E-state index contributed by atoms with van der Waals surface area (Å²) in [5.41, 5.74) is 2.31. The van der Waals surface area contributed by atoms with E-state index in [4.69, 9.17) is 4.74 Å². The largest absolute Gasteiger partial charge is 0.489 e. The molecule has 2 aromatic carbocycles. The number of thiol groups is 1. The summed E-state index contributed by atoms with van der Waals surface area (Å²) in [5, 5.41) is 0.182. The molecule has 0 aliphatic rings. The highest BCUT2D eigenvalue weighted by Crippen LogP contribution is 2.29. The van der Waals surface area contributed by atoms with Gasteiger partial charge in [0.25, 0.3) is 0 Å². The molecule has 0 aliphatic carbocycles. The first-order chi connectivity index (χ1) is 8.27. The summed E-state index contributed by atoms with van der Waals surface area (Å²) < 4.78 is 5.84. The van der Waals surface area contributed by atoms with Gasteiger partial charge in [-0.1, -0.05) is 48.5 Å². The first-order valence-electron chi connectivity index (χ1n) is 5.71. The van der Waals surface area contributed by atoms with Gasteiger partial charge in [0.05, 0.1) is 0 Å². The molecule has 0 amide bonds. The summed E-state index contributed by atoms with van der Waals surface area (Å²) >= 11 is 4.46. The Kier molecular flexibility index (Phi) is 4.10. The Morgan fingerprint density at radius 1 is 1.00 bits per heavy atom. The zero-order valence-corrected chi connectivity index (χ0v) is 10.7. The molecular weight excluding hydrogens is 228 g/mol. The zero-order valence-electron chi connectivity index (χ0n) is 9.84. The molecular formula is C15H16OS. The molecule has 0 heterocycles. The lowest BCUT2D eigenvalue weighted by atomic mass is 10.1. The normalized spacial score (nSPS) is 12.1. The summed E-state index contributed by atoms with van der Waals surface area (Å²) in [6.07, 6.45) is 0. The van der Waals surface area contributed by atoms with Crippen molar-refractivity contribution in [3.05, 3.63) is 65.7 Å². The maximum Gasteiger partial charge on any atom is 0.124 e. The topological polar surface area (TPSA) is 9.23 Å². The maximum atomic E-state index is 5.84. The van der Waals surface area contributed by atoms with Crippen LogP contribution < -0.4 is 4.74 Å². The van der Waals surface area contributed by atoms with Gasteiger partial charge in [-0.05, 0) is 18.6 Å². The molecule has 2 heteroatoms. The molecule has 0 fully saturated rings. The van der Waals surface area contributed by atoms with Crippen LogP contribution in [0, 0.1) is 0 Å². The molecule has 2 aromatic rings. The smallest absolute Gasteiger partial charge is 0.124 e. The molecule has 0 saturated heterocycles. The highest BCUT2D eigenvalue weighted by Gasteiger charge is 2.07. The maximum absolute atomic E-state index is 5.84. The fourth-order valence-electron chi connectivity index (χ4n) is 1.69. The van der Waals surface area contributed by atoms with Crippen LogP contribution in [-0.4, -0.2) is 0 Å². The second-order valence-corrected chi connectivity index (χ2v) is 4.76. The van der Waals surface area contributed by atoms with Gasteiger partial charge in [0, 0.05) is 10.8 Å². The van der Waals surface area contributed by atoms with E-state index < -0.39 is 0 Å². The van der Waals surface area contributed by atoms with Crippen LogP contribution in [0.4, 0.5) is 0 Å². The van der Waals surface area contributed by atoms with Gasteiger partial charge in [0.1, 0.15) is 12.4 Å². The second kappa shape index (κ2) is 5.78. The predicted octanol–water partition coefficient (Wildman–Crippen LogP) is 4.26. The Hall–Kier alpha value is -1.41. The number of ether oxygens (including phenoxy) is 1. The third-order valence-corrected chi connectivity index (χ3v) is 2.88. The number of benzene rings is 2. The van der Waals surface area contributed by atoms with Crippen LogP contribution >= 0.6 is 12.6 Å². The molecule has 1 atom stereocenters. The first kappa shape index (κ1) is 12.1. The molecule has 1 unspecified atom stereocenters. The summed E-state index contributed by atoms with van der Waals surface area (Å²) in [7, 11) is 0. The fourth-order valence-corrected chi connectivity index (χ4v) is 1.91. The minimum atomic E-state index is 0.182. The van der Waals surface area contributed by atoms with Crippen molar-refractivity contribution in [1.82, 2.24) is 0 Å². The van der Waals surface area contributed by atoms with Gasteiger partial charge < -0.3 is 4.74 Å². The number of hydrogen-bond donors (Lipinski definition) is 1. The molecule has 88 valence electrons. The molecule has 0 radical (unpaired) electrons. The number of rotatable bonds is 4. The lowest BCUT2D eigenvalue weighted by molar-refractivity contribution is 0.303. The van der Waals surface area contributed by atoms with E-state index in [0.29, 0.717) is 6.61 Å². The van der Waals surface area contributed by atoms with Crippen molar-refractivity contribution in [2.24, 2.45) is 0 Å². The quantitative estimate of drug-likeness (QED) is 0.791. The van der Waals surface area contributed by atoms with E-state index in [1.54, 1.807) is 0 Å². The van der Waals surface area contributed by atoms with Crippen LogP contribution in [0.25, 0.3) is 0 Å². The predicted molar refractivity (Wildman–Crippen MR) is 74.6 cm³/mol. The Balaban J connectivity index is 2.09. The molecule has 0 bridgehead atoms. The Labute approximate surface area is 108 Å². The molecule has 0 N–H and O–H groups in total. The molecule has 17 heavy (non-hydrogen) atoms. The van der Waals surface area contributed by atoms with E-state index in [1.807, 2.05) is 43.3 Å². The monoisotopic (exact) mass is 244 g/mol. The average Bonchev–Trinajstić information content (AvgIpc) is 2.38. The summed E-state index contributed by atoms with van der Waals surface area (Å²) in [4.78, 5) is 0. The van der Waals surface area contributed by atoms with E-state index in [0.717, 1.165) is 11.3 Å². The van der Waals surface area contributed by atoms with Crippen molar-refractivity contribution in [2.45, 2.75) is 18.8 Å². The van der Waals surface area contributed by atoms with Crippen molar-refractivity contribution in [3.8, 4) is 5.75 Å². The van der Waals surface area contributed by atoms with Crippen LogP contribution in [0.3, 0.4) is 0 Å². The van der Waals surface area contributed by atoms with Gasteiger partial charge in [-0.3, -0.25) is 0 Å². The highest BCUT2D eigenvalue weighted by atomic mass is 32.1. The van der Waals surface area contributed by atoms with E-state index in [-0.39, 0.29) is 5.25 Å². The Morgan fingerprint density at radius 2 is 1.65 bits per heavy atom. The minimum absolute atomic E-state index is 0.182. The van der Waals surface area contributed by atoms with Crippen molar-refractivity contribution in [2.75, 3.05) is 0 Å². The Morgan fingerprint density at radius 3 is 2.35 bits per heavy atom. The van der Waals surface area contributed by atoms with Gasteiger partial charge >= 0.3 is 0 Å². The number of hydrogen-bond acceptors (Lipinski definition) is 2. The van der Waals surface area contributed by atoms with Gasteiger partial charge in [-0.25, -0.2) is 0 Å². The zero-order chi connectivity index (χ0) is 12.1. The van der Waals surface area contributed by atoms with Crippen molar-refractivity contribution in [3.63, 3.8) is 0 Å². The van der Waals surface area contributed by atoms with Crippen LogP contribution in [0.2, 0.25) is 0 Å². The SMILES string of the molecule is CC(S)c1ccccc1OCc1ccccc1. The third-order valence-electron chi connectivity index (χ3n) is 2.61. The molecule has 0 spiro atoms.